The molecule has 1 rings (SSSR count). The van der Waals surface area contributed by atoms with Gasteiger partial charge < -0.3 is 14.9 Å². The van der Waals surface area contributed by atoms with E-state index in [0.717, 1.165) is 19.6 Å². The van der Waals surface area contributed by atoms with Gasteiger partial charge >= 0.3 is 5.97 Å². The number of hydrogen-bond acceptors (Lipinski definition) is 3. The van der Waals surface area contributed by atoms with Crippen molar-refractivity contribution in [1.29, 1.82) is 0 Å². The first-order valence-corrected chi connectivity index (χ1v) is 4.88. The van der Waals surface area contributed by atoms with Crippen LogP contribution in [0, 0.1) is 5.92 Å². The summed E-state index contributed by atoms with van der Waals surface area (Å²) in [5, 5.41) is 8.44. The van der Waals surface area contributed by atoms with E-state index in [4.69, 9.17) is 5.11 Å². The molecule has 0 radical (unpaired) electrons. The third-order valence-corrected chi connectivity index (χ3v) is 2.51. The van der Waals surface area contributed by atoms with Gasteiger partial charge in [-0.05, 0) is 25.9 Å². The number of carboxylic acids is 1. The average molecular weight is 198 g/mol. The van der Waals surface area contributed by atoms with E-state index in [0.29, 0.717) is 5.92 Å². The van der Waals surface area contributed by atoms with Gasteiger partial charge in [0, 0.05) is 32.4 Å². The molecule has 0 aliphatic carbocycles. The maximum absolute atomic E-state index is 10.3. The molecule has 0 amide bonds. The van der Waals surface area contributed by atoms with Crippen LogP contribution in [0.4, 0.5) is 0 Å². The van der Waals surface area contributed by atoms with Crippen molar-refractivity contribution in [2.24, 2.45) is 5.92 Å². The number of hydrogen-bond donors (Lipinski definition) is 1. The van der Waals surface area contributed by atoms with Gasteiger partial charge in [-0.1, -0.05) is 0 Å². The quantitative estimate of drug-likeness (QED) is 0.667. The molecule has 1 heterocycles. The van der Waals surface area contributed by atoms with Gasteiger partial charge in [0.2, 0.25) is 0 Å². The third-order valence-electron chi connectivity index (χ3n) is 2.51. The SMILES string of the molecule is CN(C=CC(=O)O)CC1CCN(C)C1. The molecule has 80 valence electrons. The van der Waals surface area contributed by atoms with E-state index in [1.807, 2.05) is 11.9 Å². The van der Waals surface area contributed by atoms with Crippen molar-refractivity contribution in [2.75, 3.05) is 33.7 Å². The highest BCUT2D eigenvalue weighted by Crippen LogP contribution is 2.14. The monoisotopic (exact) mass is 198 g/mol. The van der Waals surface area contributed by atoms with Crippen LogP contribution < -0.4 is 0 Å². The van der Waals surface area contributed by atoms with Gasteiger partial charge in [-0.3, -0.25) is 0 Å². The van der Waals surface area contributed by atoms with Crippen LogP contribution in [-0.4, -0.2) is 54.6 Å². The number of aliphatic carboxylic acids is 1. The number of carbonyl (C=O) groups is 1. The van der Waals surface area contributed by atoms with Crippen molar-refractivity contribution in [2.45, 2.75) is 6.42 Å². The topological polar surface area (TPSA) is 43.8 Å². The largest absolute Gasteiger partial charge is 0.478 e. The molecule has 1 fully saturated rings. The Morgan fingerprint density at radius 1 is 1.71 bits per heavy atom. The molecule has 0 saturated carbocycles. The van der Waals surface area contributed by atoms with Crippen LogP contribution in [0.5, 0.6) is 0 Å². The molecule has 0 aromatic carbocycles. The Morgan fingerprint density at radius 2 is 2.43 bits per heavy atom. The molecule has 1 saturated heterocycles. The molecule has 1 unspecified atom stereocenters. The third kappa shape index (κ3) is 3.79. The van der Waals surface area contributed by atoms with Gasteiger partial charge in [0.1, 0.15) is 0 Å². The van der Waals surface area contributed by atoms with Crippen molar-refractivity contribution in [3.63, 3.8) is 0 Å². The zero-order chi connectivity index (χ0) is 10.6. The summed E-state index contributed by atoms with van der Waals surface area (Å²) in [4.78, 5) is 14.5. The van der Waals surface area contributed by atoms with Crippen molar-refractivity contribution >= 4 is 5.97 Å². The number of carboxylic acid groups (broad SMARTS) is 1. The fourth-order valence-corrected chi connectivity index (χ4v) is 1.83. The van der Waals surface area contributed by atoms with Gasteiger partial charge in [0.15, 0.2) is 0 Å². The number of likely N-dealkylation sites (tertiary alicyclic amines) is 1. The molecule has 1 aliphatic heterocycles. The summed E-state index contributed by atoms with van der Waals surface area (Å²) in [7, 11) is 4.03. The van der Waals surface area contributed by atoms with E-state index in [-0.39, 0.29) is 0 Å². The zero-order valence-electron chi connectivity index (χ0n) is 8.81. The minimum Gasteiger partial charge on any atom is -0.478 e. The van der Waals surface area contributed by atoms with E-state index in [2.05, 4.69) is 11.9 Å². The zero-order valence-corrected chi connectivity index (χ0v) is 8.81. The van der Waals surface area contributed by atoms with E-state index in [9.17, 15) is 4.79 Å². The lowest BCUT2D eigenvalue weighted by molar-refractivity contribution is -0.131. The normalized spacial score (nSPS) is 23.1. The Labute approximate surface area is 84.8 Å². The van der Waals surface area contributed by atoms with E-state index in [1.54, 1.807) is 6.20 Å². The Balaban J connectivity index is 2.26. The summed E-state index contributed by atoms with van der Waals surface area (Å²) in [5.41, 5.74) is 0. The van der Waals surface area contributed by atoms with Crippen LogP contribution in [0.1, 0.15) is 6.42 Å². The highest BCUT2D eigenvalue weighted by molar-refractivity contribution is 5.79. The second-order valence-corrected chi connectivity index (χ2v) is 4.01. The first-order valence-electron chi connectivity index (χ1n) is 4.88. The minimum atomic E-state index is -0.889. The fraction of sp³-hybridized carbons (Fsp3) is 0.700. The van der Waals surface area contributed by atoms with E-state index < -0.39 is 5.97 Å². The lowest BCUT2D eigenvalue weighted by Gasteiger charge is -2.18. The van der Waals surface area contributed by atoms with E-state index >= 15 is 0 Å². The summed E-state index contributed by atoms with van der Waals surface area (Å²) in [6, 6.07) is 0. The Bertz CT molecular complexity index is 228. The molecule has 0 spiro atoms. The summed E-state index contributed by atoms with van der Waals surface area (Å²) in [5.74, 6) is -0.219. The predicted molar refractivity (Wildman–Crippen MR) is 55.0 cm³/mol. The fourth-order valence-electron chi connectivity index (χ4n) is 1.83. The summed E-state index contributed by atoms with van der Waals surface area (Å²) >= 11 is 0. The van der Waals surface area contributed by atoms with Gasteiger partial charge in [0.25, 0.3) is 0 Å². The van der Waals surface area contributed by atoms with Gasteiger partial charge in [0.05, 0.1) is 0 Å². The first-order chi connectivity index (χ1) is 6.58. The molecule has 0 bridgehead atoms. The number of rotatable bonds is 4. The van der Waals surface area contributed by atoms with Crippen LogP contribution in [0.15, 0.2) is 12.3 Å². The van der Waals surface area contributed by atoms with Crippen LogP contribution in [0.25, 0.3) is 0 Å². The molecule has 14 heavy (non-hydrogen) atoms. The molecule has 0 aromatic heterocycles. The van der Waals surface area contributed by atoms with Crippen molar-refractivity contribution in [1.82, 2.24) is 9.80 Å². The lowest BCUT2D eigenvalue weighted by atomic mass is 10.1. The van der Waals surface area contributed by atoms with E-state index in [1.165, 1.54) is 12.5 Å². The van der Waals surface area contributed by atoms with Crippen LogP contribution in [0.2, 0.25) is 0 Å². The Morgan fingerprint density at radius 3 is 2.93 bits per heavy atom. The standard InChI is InChI=1S/C10H18N2O2/c1-11-5-3-9(7-11)8-12(2)6-4-10(13)14/h4,6,9H,3,5,7-8H2,1-2H3,(H,13,14). The molecule has 1 aliphatic rings. The highest BCUT2D eigenvalue weighted by Gasteiger charge is 2.19. The molecular formula is C10H18N2O2. The van der Waals surface area contributed by atoms with Gasteiger partial charge in [-0.15, -0.1) is 0 Å². The molecule has 4 heteroatoms. The van der Waals surface area contributed by atoms with Gasteiger partial charge in [-0.2, -0.15) is 0 Å². The second kappa shape index (κ2) is 5.00. The second-order valence-electron chi connectivity index (χ2n) is 4.01. The van der Waals surface area contributed by atoms with Gasteiger partial charge in [-0.25, -0.2) is 4.79 Å². The molecule has 0 aromatic rings. The highest BCUT2D eigenvalue weighted by atomic mass is 16.4. The maximum atomic E-state index is 10.3. The lowest BCUT2D eigenvalue weighted by Crippen LogP contribution is -2.23. The van der Waals surface area contributed by atoms with Crippen molar-refractivity contribution < 1.29 is 9.90 Å². The smallest absolute Gasteiger partial charge is 0.329 e. The molecule has 4 nitrogen and oxygen atoms in total. The Hall–Kier alpha value is -1.03. The van der Waals surface area contributed by atoms with Crippen LogP contribution in [0.3, 0.4) is 0 Å². The molecule has 1 atom stereocenters. The maximum Gasteiger partial charge on any atom is 0.329 e. The van der Waals surface area contributed by atoms with Crippen LogP contribution >= 0.6 is 0 Å². The predicted octanol–water partition coefficient (Wildman–Crippen LogP) is 0.468. The van der Waals surface area contributed by atoms with Crippen molar-refractivity contribution in [3.8, 4) is 0 Å². The summed E-state index contributed by atoms with van der Waals surface area (Å²) < 4.78 is 0. The van der Waals surface area contributed by atoms with Crippen molar-refractivity contribution in [3.05, 3.63) is 12.3 Å². The first kappa shape index (κ1) is 11.0. The molecule has 1 N–H and O–H groups in total. The molecular weight excluding hydrogens is 180 g/mol. The average Bonchev–Trinajstić information content (AvgIpc) is 2.48. The minimum absolute atomic E-state index is 0.670. The summed E-state index contributed by atoms with van der Waals surface area (Å²) in [6.45, 7) is 3.21. The summed E-state index contributed by atoms with van der Waals surface area (Å²) in [6.07, 6.45) is 4.01. The van der Waals surface area contributed by atoms with Crippen LogP contribution in [-0.2, 0) is 4.79 Å². The number of nitrogens with zero attached hydrogens (tertiary/aromatic N) is 2. The Kier molecular flexibility index (Phi) is 3.95.